The van der Waals surface area contributed by atoms with Crippen molar-refractivity contribution in [1.82, 2.24) is 20.1 Å². The molecule has 266 valence electrons. The van der Waals surface area contributed by atoms with E-state index in [4.69, 9.17) is 9.15 Å². The van der Waals surface area contributed by atoms with E-state index in [0.717, 1.165) is 11.2 Å². The minimum absolute atomic E-state index is 0.0243. The van der Waals surface area contributed by atoms with Crippen molar-refractivity contribution in [3.05, 3.63) is 53.8 Å². The third kappa shape index (κ3) is 10.7. The number of esters is 1. The predicted molar refractivity (Wildman–Crippen MR) is 180 cm³/mol. The molecule has 2 N–H and O–H groups in total. The molecule has 2 bridgehead atoms. The quantitative estimate of drug-likeness (QED) is 0.402. The van der Waals surface area contributed by atoms with Gasteiger partial charge in [-0.2, -0.15) is 0 Å². The van der Waals surface area contributed by atoms with Crippen LogP contribution in [-0.2, 0) is 35.4 Å². The molecule has 1 aromatic heterocycles. The van der Waals surface area contributed by atoms with E-state index in [2.05, 4.69) is 10.3 Å². The summed E-state index contributed by atoms with van der Waals surface area (Å²) in [6.45, 7) is 12.9. The zero-order valence-electron chi connectivity index (χ0n) is 28.8. The van der Waals surface area contributed by atoms with Gasteiger partial charge in [0.1, 0.15) is 24.2 Å². The molecule has 2 aliphatic rings. The number of Topliss-reactive ketones (excluding diaryl/α,β-unsaturated/α-hetero) is 1. The summed E-state index contributed by atoms with van der Waals surface area (Å²) in [4.78, 5) is 60.3. The maximum Gasteiger partial charge on any atom is 0.330 e. The topological polar surface area (TPSA) is 176 Å². The SMILES string of the molecule is CCN(CC)CCS(=O)(=O)[C@@H]1CCN2C(=O)c3coc(n3)CC(=O)C[C@H](O)/C=C(\C)C=CCNC(=O)C=C[C@@H](C)[C@H](C(C)C)OC(=O)[C@@H]12. The number of hydrogen-bond donors (Lipinski definition) is 2. The smallest absolute Gasteiger partial charge is 0.330 e. The largest absolute Gasteiger partial charge is 0.460 e. The summed E-state index contributed by atoms with van der Waals surface area (Å²) in [5.74, 6) is -3.23. The number of fused-ring (bicyclic) bond motifs is 3. The number of rotatable bonds is 7. The van der Waals surface area contributed by atoms with Crippen LogP contribution >= 0.6 is 0 Å². The molecule has 1 fully saturated rings. The van der Waals surface area contributed by atoms with E-state index in [9.17, 15) is 32.7 Å². The third-order valence-electron chi connectivity index (χ3n) is 8.66. The van der Waals surface area contributed by atoms with Crippen molar-refractivity contribution in [3.8, 4) is 0 Å². The Morgan fingerprint density at radius 3 is 2.52 bits per heavy atom. The first-order chi connectivity index (χ1) is 22.7. The summed E-state index contributed by atoms with van der Waals surface area (Å²) in [5.41, 5.74) is 0.505. The van der Waals surface area contributed by atoms with Crippen molar-refractivity contribution in [2.45, 2.75) is 84.3 Å². The van der Waals surface area contributed by atoms with Crippen molar-refractivity contribution in [2.75, 3.05) is 38.5 Å². The fraction of sp³-hybridized carbons (Fsp3) is 0.618. The minimum atomic E-state index is -3.87. The molecule has 0 aliphatic carbocycles. The first-order valence-electron chi connectivity index (χ1n) is 16.6. The average Bonchev–Trinajstić information content (AvgIpc) is 3.68. The van der Waals surface area contributed by atoms with Gasteiger partial charge in [-0.1, -0.05) is 64.5 Å². The lowest BCUT2D eigenvalue weighted by molar-refractivity contribution is -0.157. The molecule has 0 radical (unpaired) electrons. The van der Waals surface area contributed by atoms with Crippen LogP contribution in [0.2, 0.25) is 0 Å². The third-order valence-corrected chi connectivity index (χ3v) is 10.8. The number of carbonyl (C=O) groups is 4. The number of aromatic nitrogens is 1. The maximum absolute atomic E-state index is 14.0. The predicted octanol–water partition coefficient (Wildman–Crippen LogP) is 2.27. The number of nitrogens with zero attached hydrogens (tertiary/aromatic N) is 3. The second kappa shape index (κ2) is 17.7. The van der Waals surface area contributed by atoms with Crippen molar-refractivity contribution in [1.29, 1.82) is 0 Å². The Morgan fingerprint density at radius 1 is 1.15 bits per heavy atom. The number of hydrogen-bond acceptors (Lipinski definition) is 11. The van der Waals surface area contributed by atoms with Gasteiger partial charge in [0.05, 0.1) is 23.5 Å². The van der Waals surface area contributed by atoms with Crippen LogP contribution in [0.15, 0.2) is 46.6 Å². The molecule has 0 unspecified atom stereocenters. The molecule has 1 aromatic rings. The van der Waals surface area contributed by atoms with E-state index in [1.807, 2.05) is 32.6 Å². The maximum atomic E-state index is 14.0. The molecule has 0 spiro atoms. The number of ketones is 1. The number of amides is 2. The Labute approximate surface area is 283 Å². The zero-order valence-corrected chi connectivity index (χ0v) is 29.6. The van der Waals surface area contributed by atoms with Gasteiger partial charge >= 0.3 is 5.97 Å². The van der Waals surface area contributed by atoms with E-state index < -0.39 is 51.1 Å². The number of oxazole rings is 1. The number of sulfone groups is 1. The molecule has 3 rings (SSSR count). The van der Waals surface area contributed by atoms with Crippen LogP contribution in [0, 0.1) is 11.8 Å². The lowest BCUT2D eigenvalue weighted by Gasteiger charge is -2.31. The molecule has 48 heavy (non-hydrogen) atoms. The molecule has 0 aromatic carbocycles. The van der Waals surface area contributed by atoms with Crippen LogP contribution in [-0.4, -0.2) is 114 Å². The molecule has 0 saturated carbocycles. The van der Waals surface area contributed by atoms with Gasteiger partial charge in [0.2, 0.25) is 11.8 Å². The average molecular weight is 691 g/mol. The molecule has 3 heterocycles. The van der Waals surface area contributed by atoms with Crippen molar-refractivity contribution >= 4 is 33.4 Å². The Morgan fingerprint density at radius 2 is 1.85 bits per heavy atom. The second-order valence-corrected chi connectivity index (χ2v) is 15.0. The highest BCUT2D eigenvalue weighted by atomic mass is 32.2. The van der Waals surface area contributed by atoms with Crippen molar-refractivity contribution < 1.29 is 41.9 Å². The van der Waals surface area contributed by atoms with Gasteiger partial charge in [-0.15, -0.1) is 0 Å². The molecule has 2 aliphatic heterocycles. The number of ether oxygens (including phenoxy) is 1. The Kier molecular flexibility index (Phi) is 14.3. The molecular formula is C34H50N4O9S. The van der Waals surface area contributed by atoms with Gasteiger partial charge < -0.3 is 29.4 Å². The first-order valence-corrected chi connectivity index (χ1v) is 18.3. The number of aliphatic hydroxyl groups is 1. The van der Waals surface area contributed by atoms with Gasteiger partial charge in [-0.25, -0.2) is 18.2 Å². The Balaban J connectivity index is 2.00. The number of carbonyl (C=O) groups excluding carboxylic acids is 4. The summed E-state index contributed by atoms with van der Waals surface area (Å²) >= 11 is 0. The molecule has 13 nitrogen and oxygen atoms in total. The van der Waals surface area contributed by atoms with E-state index in [1.54, 1.807) is 32.1 Å². The Hall–Kier alpha value is -3.62. The highest BCUT2D eigenvalue weighted by molar-refractivity contribution is 7.92. The van der Waals surface area contributed by atoms with Gasteiger partial charge in [0.15, 0.2) is 15.5 Å². The van der Waals surface area contributed by atoms with E-state index >= 15 is 0 Å². The lowest BCUT2D eigenvalue weighted by atomic mass is 9.94. The van der Waals surface area contributed by atoms with Crippen LogP contribution in [0.25, 0.3) is 0 Å². The van der Waals surface area contributed by atoms with E-state index in [0.29, 0.717) is 18.7 Å². The van der Waals surface area contributed by atoms with Crippen molar-refractivity contribution in [3.63, 3.8) is 0 Å². The fourth-order valence-corrected chi connectivity index (χ4v) is 7.92. The molecule has 14 heteroatoms. The molecular weight excluding hydrogens is 640 g/mol. The number of aliphatic hydroxyl groups excluding tert-OH is 1. The van der Waals surface area contributed by atoms with E-state index in [1.165, 1.54) is 12.2 Å². The minimum Gasteiger partial charge on any atom is -0.460 e. The van der Waals surface area contributed by atoms with Crippen LogP contribution in [0.5, 0.6) is 0 Å². The first kappa shape index (κ1) is 38.8. The van der Waals surface area contributed by atoms with Gasteiger partial charge in [-0.3, -0.25) is 14.4 Å². The normalized spacial score (nSPS) is 26.7. The fourth-order valence-electron chi connectivity index (χ4n) is 5.99. The van der Waals surface area contributed by atoms with Gasteiger partial charge in [0.25, 0.3) is 5.91 Å². The highest BCUT2D eigenvalue weighted by Crippen LogP contribution is 2.30. The molecule has 5 atom stereocenters. The van der Waals surface area contributed by atoms with Crippen LogP contribution in [0.3, 0.4) is 0 Å². The van der Waals surface area contributed by atoms with Crippen LogP contribution in [0.1, 0.15) is 70.8 Å². The summed E-state index contributed by atoms with van der Waals surface area (Å²) in [6.07, 6.45) is 6.68. The van der Waals surface area contributed by atoms with Crippen molar-refractivity contribution in [2.24, 2.45) is 11.8 Å². The number of allylic oxidation sites excluding steroid dienone is 2. The monoisotopic (exact) mass is 690 g/mol. The van der Waals surface area contributed by atoms with Crippen LogP contribution in [0.4, 0.5) is 0 Å². The summed E-state index contributed by atoms with van der Waals surface area (Å²) in [5, 5.41) is 11.9. The summed E-state index contributed by atoms with van der Waals surface area (Å²) in [7, 11) is -3.87. The number of nitrogens with one attached hydrogen (secondary N) is 1. The highest BCUT2D eigenvalue weighted by Gasteiger charge is 2.50. The zero-order chi connectivity index (χ0) is 35.6. The van der Waals surface area contributed by atoms with Gasteiger partial charge in [0, 0.05) is 32.0 Å². The molecule has 2 amide bonds. The summed E-state index contributed by atoms with van der Waals surface area (Å²) in [6, 6.07) is -1.44. The Bertz CT molecular complexity index is 1490. The second-order valence-electron chi connectivity index (χ2n) is 12.7. The summed E-state index contributed by atoms with van der Waals surface area (Å²) < 4.78 is 38.9. The standard InChI is InChI=1S/C34H50N4O9S/c1-7-37(8-2)16-17-48(44,45)28-13-15-38-31(28)34(43)47-32(22(3)4)24(6)11-12-29(41)35-14-9-10-23(5)18-25(39)19-26(40)20-30-36-27(21-46-30)33(38)42/h9-12,18,21-22,24-25,28,31-32,39H,7-8,13-17,19-20H2,1-6H3,(H,35,41)/b10-9?,12-11?,23-18+/t24-,25-,28-,31-,32+/m1/s1. The lowest BCUT2D eigenvalue weighted by Crippen LogP contribution is -2.50. The van der Waals surface area contributed by atoms with E-state index in [-0.39, 0.29) is 73.8 Å². The van der Waals surface area contributed by atoms with Gasteiger partial charge in [-0.05, 0) is 38.4 Å². The van der Waals surface area contributed by atoms with Crippen LogP contribution < -0.4 is 5.32 Å². The molecule has 1 saturated heterocycles. The number of cyclic esters (lactones) is 1.